The van der Waals surface area contributed by atoms with E-state index >= 15 is 0 Å². The summed E-state index contributed by atoms with van der Waals surface area (Å²) in [6, 6.07) is -1.35. The van der Waals surface area contributed by atoms with Crippen molar-refractivity contribution in [3.63, 3.8) is 0 Å². The van der Waals surface area contributed by atoms with E-state index in [0.29, 0.717) is 13.0 Å². The predicted molar refractivity (Wildman–Crippen MR) is 56.8 cm³/mol. The maximum atomic E-state index is 11.0. The molecule has 6 nitrogen and oxygen atoms in total. The second kappa shape index (κ2) is 5.27. The van der Waals surface area contributed by atoms with Crippen LogP contribution in [0.15, 0.2) is 0 Å². The number of carboxylic acid groups (broad SMARTS) is 2. The van der Waals surface area contributed by atoms with Gasteiger partial charge in [-0.15, -0.1) is 0 Å². The van der Waals surface area contributed by atoms with E-state index in [1.807, 2.05) is 0 Å². The Morgan fingerprint density at radius 2 is 2.00 bits per heavy atom. The number of carboxylic acids is 2. The summed E-state index contributed by atoms with van der Waals surface area (Å²) in [4.78, 5) is 21.9. The van der Waals surface area contributed by atoms with E-state index in [1.54, 1.807) is 13.8 Å². The summed E-state index contributed by atoms with van der Waals surface area (Å²) >= 11 is 0. The van der Waals surface area contributed by atoms with Crippen molar-refractivity contribution < 1.29 is 19.8 Å². The molecular formula is C10H18N2O4. The predicted octanol–water partition coefficient (Wildman–Crippen LogP) is 0.149. The van der Waals surface area contributed by atoms with E-state index in [9.17, 15) is 9.59 Å². The molecule has 1 aliphatic rings. The monoisotopic (exact) mass is 230 g/mol. The van der Waals surface area contributed by atoms with Gasteiger partial charge in [-0.1, -0.05) is 13.8 Å². The molecule has 0 aromatic carbocycles. The molecule has 1 fully saturated rings. The highest BCUT2D eigenvalue weighted by atomic mass is 16.4. The summed E-state index contributed by atoms with van der Waals surface area (Å²) < 4.78 is 0. The molecule has 0 amide bonds. The van der Waals surface area contributed by atoms with Crippen molar-refractivity contribution in [2.24, 2.45) is 5.92 Å². The molecule has 0 spiro atoms. The third-order valence-corrected chi connectivity index (χ3v) is 2.78. The minimum Gasteiger partial charge on any atom is -0.480 e. The van der Waals surface area contributed by atoms with E-state index < -0.39 is 24.0 Å². The second-order valence-corrected chi connectivity index (χ2v) is 4.38. The summed E-state index contributed by atoms with van der Waals surface area (Å²) in [6.07, 6.45) is 1.33. The van der Waals surface area contributed by atoms with Gasteiger partial charge in [0.25, 0.3) is 0 Å². The molecule has 16 heavy (non-hydrogen) atoms. The van der Waals surface area contributed by atoms with Crippen LogP contribution in [0.1, 0.15) is 26.7 Å². The SMILES string of the molecule is CC(C)[C@H](NN1CCC[C@H]1C(=O)O)C(=O)O. The standard InChI is InChI=1S/C10H18N2O4/c1-6(2)8(10(15)16)11-12-5-3-4-7(12)9(13)14/h6-8,11H,3-5H2,1-2H3,(H,13,14)(H,15,16)/t7-,8-/m0/s1. The molecule has 0 unspecified atom stereocenters. The van der Waals surface area contributed by atoms with Gasteiger partial charge < -0.3 is 10.2 Å². The Hall–Kier alpha value is -1.14. The van der Waals surface area contributed by atoms with Crippen LogP contribution in [0.3, 0.4) is 0 Å². The van der Waals surface area contributed by atoms with Gasteiger partial charge in [0, 0.05) is 6.54 Å². The summed E-state index contributed by atoms with van der Waals surface area (Å²) in [5.74, 6) is -1.95. The highest BCUT2D eigenvalue weighted by Gasteiger charge is 2.34. The fourth-order valence-electron chi connectivity index (χ4n) is 1.85. The average molecular weight is 230 g/mol. The van der Waals surface area contributed by atoms with Gasteiger partial charge in [-0.05, 0) is 18.8 Å². The third kappa shape index (κ3) is 2.93. The van der Waals surface area contributed by atoms with Gasteiger partial charge in [0.15, 0.2) is 0 Å². The van der Waals surface area contributed by atoms with Gasteiger partial charge >= 0.3 is 11.9 Å². The zero-order valence-electron chi connectivity index (χ0n) is 9.51. The quantitative estimate of drug-likeness (QED) is 0.623. The maximum Gasteiger partial charge on any atom is 0.322 e. The Kier molecular flexibility index (Phi) is 4.26. The molecule has 1 saturated heterocycles. The van der Waals surface area contributed by atoms with Gasteiger partial charge in [0.1, 0.15) is 12.1 Å². The summed E-state index contributed by atoms with van der Waals surface area (Å²) in [5, 5.41) is 19.5. The zero-order chi connectivity index (χ0) is 12.3. The number of nitrogens with one attached hydrogen (secondary N) is 1. The molecule has 92 valence electrons. The normalized spacial score (nSPS) is 23.6. The van der Waals surface area contributed by atoms with E-state index in [2.05, 4.69) is 5.43 Å². The van der Waals surface area contributed by atoms with Crippen LogP contribution in [0.4, 0.5) is 0 Å². The van der Waals surface area contributed by atoms with Crippen LogP contribution < -0.4 is 5.43 Å². The number of hydrazine groups is 1. The van der Waals surface area contributed by atoms with Crippen LogP contribution in [0.5, 0.6) is 0 Å². The van der Waals surface area contributed by atoms with Crippen LogP contribution in [0, 0.1) is 5.92 Å². The fraction of sp³-hybridized carbons (Fsp3) is 0.800. The Morgan fingerprint density at radius 3 is 2.44 bits per heavy atom. The maximum absolute atomic E-state index is 11.0. The molecule has 0 aliphatic carbocycles. The molecule has 2 atom stereocenters. The number of hydrogen-bond donors (Lipinski definition) is 3. The van der Waals surface area contributed by atoms with Crippen LogP contribution >= 0.6 is 0 Å². The molecule has 0 aromatic heterocycles. The number of nitrogens with zero attached hydrogens (tertiary/aromatic N) is 1. The first-order valence-electron chi connectivity index (χ1n) is 5.42. The molecule has 6 heteroatoms. The molecule has 3 N–H and O–H groups in total. The second-order valence-electron chi connectivity index (χ2n) is 4.38. The molecule has 0 aromatic rings. The lowest BCUT2D eigenvalue weighted by Crippen LogP contribution is -2.54. The lowest BCUT2D eigenvalue weighted by Gasteiger charge is -2.28. The molecule has 0 radical (unpaired) electrons. The van der Waals surface area contributed by atoms with Crippen molar-refractivity contribution >= 4 is 11.9 Å². The first-order chi connectivity index (χ1) is 7.43. The smallest absolute Gasteiger partial charge is 0.322 e. The summed E-state index contributed by atoms with van der Waals surface area (Å²) in [7, 11) is 0. The Morgan fingerprint density at radius 1 is 1.38 bits per heavy atom. The topological polar surface area (TPSA) is 89.9 Å². The number of aliphatic carboxylic acids is 2. The number of carbonyl (C=O) groups is 2. The Balaban J connectivity index is 2.64. The third-order valence-electron chi connectivity index (χ3n) is 2.78. The van der Waals surface area contributed by atoms with Crippen LogP contribution in [-0.4, -0.2) is 45.8 Å². The first kappa shape index (κ1) is 12.9. The molecule has 1 heterocycles. The molecule has 1 rings (SSSR count). The van der Waals surface area contributed by atoms with Gasteiger partial charge in [0.05, 0.1) is 0 Å². The van der Waals surface area contributed by atoms with Crippen molar-refractivity contribution in [2.45, 2.75) is 38.8 Å². The van der Waals surface area contributed by atoms with Crippen LogP contribution in [0.25, 0.3) is 0 Å². The van der Waals surface area contributed by atoms with E-state index in [4.69, 9.17) is 10.2 Å². The summed E-state index contributed by atoms with van der Waals surface area (Å²) in [6.45, 7) is 4.16. The largest absolute Gasteiger partial charge is 0.480 e. The number of hydrogen-bond acceptors (Lipinski definition) is 4. The van der Waals surface area contributed by atoms with Crippen LogP contribution in [0.2, 0.25) is 0 Å². The fourth-order valence-corrected chi connectivity index (χ4v) is 1.85. The Labute approximate surface area is 94.2 Å². The van der Waals surface area contributed by atoms with Gasteiger partial charge in [-0.2, -0.15) is 0 Å². The van der Waals surface area contributed by atoms with Gasteiger partial charge in [-0.25, -0.2) is 10.4 Å². The van der Waals surface area contributed by atoms with E-state index in [0.717, 1.165) is 6.42 Å². The van der Waals surface area contributed by atoms with Crippen LogP contribution in [-0.2, 0) is 9.59 Å². The average Bonchev–Trinajstić information content (AvgIpc) is 2.60. The lowest BCUT2D eigenvalue weighted by molar-refractivity contribution is -0.148. The highest BCUT2D eigenvalue weighted by molar-refractivity contribution is 5.75. The first-order valence-corrected chi connectivity index (χ1v) is 5.42. The lowest BCUT2D eigenvalue weighted by atomic mass is 10.1. The minimum atomic E-state index is -0.953. The van der Waals surface area contributed by atoms with Gasteiger partial charge in [-0.3, -0.25) is 9.59 Å². The highest BCUT2D eigenvalue weighted by Crippen LogP contribution is 2.16. The molecule has 1 aliphatic heterocycles. The van der Waals surface area contributed by atoms with Crippen molar-refractivity contribution in [3.05, 3.63) is 0 Å². The van der Waals surface area contributed by atoms with E-state index in [1.165, 1.54) is 5.01 Å². The van der Waals surface area contributed by atoms with Crippen molar-refractivity contribution in [3.8, 4) is 0 Å². The minimum absolute atomic E-state index is 0.0902. The van der Waals surface area contributed by atoms with E-state index in [-0.39, 0.29) is 5.92 Å². The molecular weight excluding hydrogens is 212 g/mol. The Bertz CT molecular complexity index is 280. The number of rotatable bonds is 5. The molecule has 0 bridgehead atoms. The van der Waals surface area contributed by atoms with Crippen molar-refractivity contribution in [1.82, 2.24) is 10.4 Å². The van der Waals surface area contributed by atoms with Crippen molar-refractivity contribution in [2.75, 3.05) is 6.54 Å². The molecule has 0 saturated carbocycles. The summed E-state index contributed by atoms with van der Waals surface area (Å²) in [5.41, 5.74) is 2.80. The zero-order valence-corrected chi connectivity index (χ0v) is 9.51. The van der Waals surface area contributed by atoms with Crippen molar-refractivity contribution in [1.29, 1.82) is 0 Å². The van der Waals surface area contributed by atoms with Gasteiger partial charge in [0.2, 0.25) is 0 Å².